The fraction of sp³-hybridized carbons (Fsp3) is 0.500. The van der Waals surface area contributed by atoms with Gasteiger partial charge in [0.05, 0.1) is 0 Å². The standard InChI is InChI=1S/C14H23N3O/c1-10(13(15)17-18)9-16-12-8-6-5-7-11(12)14(2,3)4/h5-8,10,16,18H,9H2,1-4H3,(H2,15,17). The Labute approximate surface area is 109 Å². The topological polar surface area (TPSA) is 70.6 Å². The van der Waals surface area contributed by atoms with Crippen molar-refractivity contribution in [1.82, 2.24) is 0 Å². The van der Waals surface area contributed by atoms with Crippen LogP contribution in [0.1, 0.15) is 33.3 Å². The lowest BCUT2D eigenvalue weighted by Crippen LogP contribution is -2.28. The number of nitrogens with one attached hydrogen (secondary N) is 1. The highest BCUT2D eigenvalue weighted by Gasteiger charge is 2.17. The summed E-state index contributed by atoms with van der Waals surface area (Å²) in [6.07, 6.45) is 0. The van der Waals surface area contributed by atoms with Gasteiger partial charge in [0.2, 0.25) is 0 Å². The summed E-state index contributed by atoms with van der Waals surface area (Å²) >= 11 is 0. The Hall–Kier alpha value is -1.71. The van der Waals surface area contributed by atoms with Gasteiger partial charge in [0.25, 0.3) is 0 Å². The minimum atomic E-state index is -0.0111. The number of benzene rings is 1. The minimum Gasteiger partial charge on any atom is -0.409 e. The van der Waals surface area contributed by atoms with Crippen molar-refractivity contribution < 1.29 is 5.21 Å². The first-order chi connectivity index (χ1) is 8.36. The zero-order valence-corrected chi connectivity index (χ0v) is 11.6. The van der Waals surface area contributed by atoms with Crippen molar-refractivity contribution in [1.29, 1.82) is 0 Å². The first kappa shape index (κ1) is 14.4. The van der Waals surface area contributed by atoms with Crippen molar-refractivity contribution in [2.45, 2.75) is 33.1 Å². The number of para-hydroxylation sites is 1. The molecule has 1 rings (SSSR count). The molecule has 0 aliphatic rings. The quantitative estimate of drug-likeness (QED) is 0.332. The summed E-state index contributed by atoms with van der Waals surface area (Å²) in [5.41, 5.74) is 8.01. The van der Waals surface area contributed by atoms with Crippen molar-refractivity contribution in [2.24, 2.45) is 16.8 Å². The predicted molar refractivity (Wildman–Crippen MR) is 76.2 cm³/mol. The summed E-state index contributed by atoms with van der Waals surface area (Å²) in [5, 5.41) is 15.0. The molecular weight excluding hydrogens is 226 g/mol. The molecule has 1 aromatic rings. The molecule has 100 valence electrons. The van der Waals surface area contributed by atoms with Crippen molar-refractivity contribution in [2.75, 3.05) is 11.9 Å². The zero-order valence-electron chi connectivity index (χ0n) is 11.6. The smallest absolute Gasteiger partial charge is 0.143 e. The lowest BCUT2D eigenvalue weighted by molar-refractivity contribution is 0.315. The molecule has 1 aromatic carbocycles. The van der Waals surface area contributed by atoms with E-state index in [1.165, 1.54) is 5.56 Å². The molecule has 0 fully saturated rings. The Kier molecular flexibility index (Phi) is 4.59. The van der Waals surface area contributed by atoms with E-state index in [9.17, 15) is 0 Å². The highest BCUT2D eigenvalue weighted by atomic mass is 16.4. The van der Waals surface area contributed by atoms with Gasteiger partial charge in [-0.2, -0.15) is 0 Å². The van der Waals surface area contributed by atoms with E-state index >= 15 is 0 Å². The van der Waals surface area contributed by atoms with E-state index in [0.29, 0.717) is 6.54 Å². The second kappa shape index (κ2) is 5.76. The molecule has 1 atom stereocenters. The maximum Gasteiger partial charge on any atom is 0.143 e. The Morgan fingerprint density at radius 3 is 2.56 bits per heavy atom. The Balaban J connectivity index is 2.80. The zero-order chi connectivity index (χ0) is 13.8. The number of nitrogens with zero attached hydrogens (tertiary/aromatic N) is 1. The van der Waals surface area contributed by atoms with Crippen LogP contribution in [0.3, 0.4) is 0 Å². The lowest BCUT2D eigenvalue weighted by Gasteiger charge is -2.24. The van der Waals surface area contributed by atoms with Crippen LogP contribution in [0, 0.1) is 5.92 Å². The van der Waals surface area contributed by atoms with Crippen LogP contribution in [0.4, 0.5) is 5.69 Å². The third-order valence-electron chi connectivity index (χ3n) is 2.95. The Morgan fingerprint density at radius 1 is 1.39 bits per heavy atom. The van der Waals surface area contributed by atoms with Gasteiger partial charge in [-0.25, -0.2) is 0 Å². The van der Waals surface area contributed by atoms with Gasteiger partial charge in [-0.1, -0.05) is 51.0 Å². The number of hydrogen-bond donors (Lipinski definition) is 3. The molecule has 0 bridgehead atoms. The summed E-state index contributed by atoms with van der Waals surface area (Å²) in [4.78, 5) is 0. The first-order valence-corrected chi connectivity index (χ1v) is 6.17. The van der Waals surface area contributed by atoms with E-state index < -0.39 is 0 Å². The van der Waals surface area contributed by atoms with Crippen molar-refractivity contribution in [3.63, 3.8) is 0 Å². The van der Waals surface area contributed by atoms with Crippen LogP contribution in [-0.2, 0) is 5.41 Å². The fourth-order valence-corrected chi connectivity index (χ4v) is 1.76. The van der Waals surface area contributed by atoms with Gasteiger partial charge in [-0.3, -0.25) is 0 Å². The molecule has 4 N–H and O–H groups in total. The average molecular weight is 249 g/mol. The van der Waals surface area contributed by atoms with E-state index in [4.69, 9.17) is 10.9 Å². The molecule has 0 aliphatic carbocycles. The molecule has 0 saturated carbocycles. The third-order valence-corrected chi connectivity index (χ3v) is 2.95. The van der Waals surface area contributed by atoms with Gasteiger partial charge >= 0.3 is 0 Å². The summed E-state index contributed by atoms with van der Waals surface area (Å²) in [6.45, 7) is 9.10. The highest BCUT2D eigenvalue weighted by molar-refractivity contribution is 5.82. The van der Waals surface area contributed by atoms with Crippen molar-refractivity contribution in [3.8, 4) is 0 Å². The fourth-order valence-electron chi connectivity index (χ4n) is 1.76. The van der Waals surface area contributed by atoms with Gasteiger partial charge in [-0.05, 0) is 17.0 Å². The van der Waals surface area contributed by atoms with Crippen LogP contribution >= 0.6 is 0 Å². The number of oxime groups is 1. The molecule has 4 heteroatoms. The maximum absolute atomic E-state index is 8.62. The van der Waals surface area contributed by atoms with E-state index in [2.05, 4.69) is 43.4 Å². The molecule has 0 amide bonds. The van der Waals surface area contributed by atoms with Crippen LogP contribution in [0.15, 0.2) is 29.4 Å². The van der Waals surface area contributed by atoms with Crippen LogP contribution in [-0.4, -0.2) is 17.6 Å². The molecule has 0 aliphatic heterocycles. The molecule has 0 saturated heterocycles. The Bertz CT molecular complexity index is 421. The van der Waals surface area contributed by atoms with E-state index in [1.54, 1.807) is 0 Å². The number of amidine groups is 1. The van der Waals surface area contributed by atoms with E-state index in [-0.39, 0.29) is 17.2 Å². The van der Waals surface area contributed by atoms with Crippen molar-refractivity contribution in [3.05, 3.63) is 29.8 Å². The van der Waals surface area contributed by atoms with Crippen molar-refractivity contribution >= 4 is 11.5 Å². The largest absolute Gasteiger partial charge is 0.409 e. The second-order valence-corrected chi connectivity index (χ2v) is 5.60. The van der Waals surface area contributed by atoms with E-state index in [0.717, 1.165) is 5.69 Å². The second-order valence-electron chi connectivity index (χ2n) is 5.60. The molecule has 1 unspecified atom stereocenters. The molecular formula is C14H23N3O. The molecule has 18 heavy (non-hydrogen) atoms. The minimum absolute atomic E-state index is 0.0111. The molecule has 0 spiro atoms. The van der Waals surface area contributed by atoms with Crippen LogP contribution < -0.4 is 11.1 Å². The average Bonchev–Trinajstić information content (AvgIpc) is 2.34. The monoisotopic (exact) mass is 249 g/mol. The van der Waals surface area contributed by atoms with Gasteiger partial charge in [0.15, 0.2) is 0 Å². The summed E-state index contributed by atoms with van der Waals surface area (Å²) in [6, 6.07) is 8.22. The van der Waals surface area contributed by atoms with Crippen LogP contribution in [0.5, 0.6) is 0 Å². The van der Waals surface area contributed by atoms with Gasteiger partial charge < -0.3 is 16.3 Å². The predicted octanol–water partition coefficient (Wildman–Crippen LogP) is 2.78. The molecule has 4 nitrogen and oxygen atoms in total. The number of hydrogen-bond acceptors (Lipinski definition) is 3. The lowest BCUT2D eigenvalue weighted by atomic mass is 9.86. The van der Waals surface area contributed by atoms with Gasteiger partial charge in [-0.15, -0.1) is 0 Å². The SMILES string of the molecule is CC(CNc1ccccc1C(C)(C)C)/C(N)=N/O. The first-order valence-electron chi connectivity index (χ1n) is 6.17. The number of nitrogens with two attached hydrogens (primary N) is 1. The number of anilines is 1. The maximum atomic E-state index is 8.62. The normalized spacial score (nSPS) is 14.3. The molecule has 0 aromatic heterocycles. The summed E-state index contributed by atoms with van der Waals surface area (Å²) in [5.74, 6) is 0.235. The molecule has 0 heterocycles. The van der Waals surface area contributed by atoms with Gasteiger partial charge in [0, 0.05) is 18.2 Å². The third kappa shape index (κ3) is 3.65. The molecule has 0 radical (unpaired) electrons. The summed E-state index contributed by atoms with van der Waals surface area (Å²) in [7, 11) is 0. The Morgan fingerprint density at radius 2 is 2.00 bits per heavy atom. The highest BCUT2D eigenvalue weighted by Crippen LogP contribution is 2.29. The van der Waals surface area contributed by atoms with Crippen LogP contribution in [0.2, 0.25) is 0 Å². The summed E-state index contributed by atoms with van der Waals surface area (Å²) < 4.78 is 0. The number of rotatable bonds is 4. The van der Waals surface area contributed by atoms with Gasteiger partial charge in [0.1, 0.15) is 5.84 Å². The van der Waals surface area contributed by atoms with Crippen LogP contribution in [0.25, 0.3) is 0 Å². The van der Waals surface area contributed by atoms with E-state index in [1.807, 2.05) is 19.1 Å².